The third-order valence-corrected chi connectivity index (χ3v) is 5.03. The fourth-order valence-electron chi connectivity index (χ4n) is 2.65. The molecular formula is C20H16N4OS. The van der Waals surface area contributed by atoms with Crippen LogP contribution in [0.4, 0.5) is 5.69 Å². The average Bonchev–Trinajstić information content (AvgIpc) is 3.10. The first-order chi connectivity index (χ1) is 12.7. The van der Waals surface area contributed by atoms with E-state index in [9.17, 15) is 4.79 Å². The zero-order valence-electron chi connectivity index (χ0n) is 13.8. The van der Waals surface area contributed by atoms with Crippen molar-refractivity contribution in [2.24, 2.45) is 0 Å². The fraction of sp³-hybridized carbons (Fsp3) is 0.0500. The highest BCUT2D eigenvalue weighted by Crippen LogP contribution is 2.31. The highest BCUT2D eigenvalue weighted by Gasteiger charge is 2.11. The van der Waals surface area contributed by atoms with Gasteiger partial charge in [0, 0.05) is 35.8 Å². The Labute approximate surface area is 154 Å². The number of benzene rings is 2. The summed E-state index contributed by atoms with van der Waals surface area (Å²) < 4.78 is 0.969. The van der Waals surface area contributed by atoms with Crippen LogP contribution in [-0.2, 0) is 6.54 Å². The van der Waals surface area contributed by atoms with Crippen LogP contribution in [0.25, 0.3) is 20.8 Å². The number of anilines is 1. The second-order valence-electron chi connectivity index (χ2n) is 5.87. The van der Waals surface area contributed by atoms with Crippen molar-refractivity contribution >= 4 is 33.1 Å². The molecule has 0 aliphatic carbocycles. The maximum atomic E-state index is 12.4. The number of nitrogens with two attached hydrogens (primary N) is 1. The number of fused-ring (bicyclic) bond motifs is 1. The van der Waals surface area contributed by atoms with Crippen molar-refractivity contribution in [1.29, 1.82) is 0 Å². The van der Waals surface area contributed by atoms with Gasteiger partial charge in [0.05, 0.1) is 10.2 Å². The molecule has 128 valence electrons. The first-order valence-electron chi connectivity index (χ1n) is 8.13. The Morgan fingerprint density at radius 1 is 1.12 bits per heavy atom. The summed E-state index contributed by atoms with van der Waals surface area (Å²) in [7, 11) is 0. The minimum absolute atomic E-state index is 0.116. The molecule has 0 aliphatic rings. The number of nitrogen functional groups attached to an aromatic ring is 1. The van der Waals surface area contributed by atoms with Crippen molar-refractivity contribution in [3.05, 3.63) is 78.1 Å². The van der Waals surface area contributed by atoms with Crippen molar-refractivity contribution in [2.75, 3.05) is 5.73 Å². The summed E-state index contributed by atoms with van der Waals surface area (Å²) >= 11 is 1.55. The van der Waals surface area contributed by atoms with E-state index in [1.54, 1.807) is 29.8 Å². The van der Waals surface area contributed by atoms with Gasteiger partial charge in [-0.05, 0) is 42.0 Å². The van der Waals surface area contributed by atoms with Gasteiger partial charge in [-0.3, -0.25) is 9.78 Å². The van der Waals surface area contributed by atoms with Crippen LogP contribution >= 0.6 is 11.3 Å². The topological polar surface area (TPSA) is 80.9 Å². The molecule has 2 aromatic heterocycles. The van der Waals surface area contributed by atoms with Crippen molar-refractivity contribution < 1.29 is 4.79 Å². The number of pyridine rings is 1. The minimum Gasteiger partial charge on any atom is -0.399 e. The maximum Gasteiger partial charge on any atom is 0.251 e. The molecule has 5 nitrogen and oxygen atoms in total. The number of carbonyl (C=O) groups is 1. The summed E-state index contributed by atoms with van der Waals surface area (Å²) in [5, 5.41) is 3.80. The summed E-state index contributed by atoms with van der Waals surface area (Å²) in [6, 6.07) is 17.0. The molecule has 6 heteroatoms. The molecule has 0 saturated carbocycles. The van der Waals surface area contributed by atoms with Gasteiger partial charge >= 0.3 is 0 Å². The maximum absolute atomic E-state index is 12.4. The van der Waals surface area contributed by atoms with Crippen LogP contribution in [0, 0.1) is 0 Å². The quantitative estimate of drug-likeness (QED) is 0.541. The van der Waals surface area contributed by atoms with Crippen LogP contribution < -0.4 is 11.1 Å². The predicted octanol–water partition coefficient (Wildman–Crippen LogP) is 3.87. The number of hydrogen-bond donors (Lipinski definition) is 2. The standard InChI is InChI=1S/C20H16N4OS/c21-16-5-1-4-15(9-16)20-24-17-7-6-14(10-18(17)26-20)19(25)23-12-13-3-2-8-22-11-13/h1-11H,12,21H2,(H,23,25). The number of rotatable bonds is 4. The number of hydrogen-bond acceptors (Lipinski definition) is 5. The summed E-state index contributed by atoms with van der Waals surface area (Å²) in [6.07, 6.45) is 3.45. The molecule has 1 amide bonds. The number of thiazole rings is 1. The SMILES string of the molecule is Nc1cccc(-c2nc3ccc(C(=O)NCc4cccnc4)cc3s2)c1. The molecule has 0 fully saturated rings. The summed E-state index contributed by atoms with van der Waals surface area (Å²) in [5.74, 6) is -0.116. The van der Waals surface area contributed by atoms with E-state index in [2.05, 4.69) is 15.3 Å². The third kappa shape index (κ3) is 3.41. The van der Waals surface area contributed by atoms with Gasteiger partial charge < -0.3 is 11.1 Å². The van der Waals surface area contributed by atoms with E-state index < -0.39 is 0 Å². The lowest BCUT2D eigenvalue weighted by Crippen LogP contribution is -2.22. The number of aromatic nitrogens is 2. The van der Waals surface area contributed by atoms with Crippen molar-refractivity contribution in [3.63, 3.8) is 0 Å². The Balaban J connectivity index is 1.56. The van der Waals surface area contributed by atoms with E-state index in [0.29, 0.717) is 17.8 Å². The van der Waals surface area contributed by atoms with Crippen molar-refractivity contribution in [1.82, 2.24) is 15.3 Å². The monoisotopic (exact) mass is 360 g/mol. The Hall–Kier alpha value is -3.25. The fourth-order valence-corrected chi connectivity index (χ4v) is 3.65. The average molecular weight is 360 g/mol. The molecule has 0 bridgehead atoms. The molecular weight excluding hydrogens is 344 g/mol. The van der Waals surface area contributed by atoms with E-state index in [1.807, 2.05) is 48.5 Å². The first-order valence-corrected chi connectivity index (χ1v) is 8.94. The van der Waals surface area contributed by atoms with Gasteiger partial charge in [-0.15, -0.1) is 11.3 Å². The van der Waals surface area contributed by atoms with E-state index in [4.69, 9.17) is 5.73 Å². The van der Waals surface area contributed by atoms with E-state index >= 15 is 0 Å². The Bertz CT molecular complexity index is 1080. The van der Waals surface area contributed by atoms with Gasteiger partial charge in [0.2, 0.25) is 0 Å². The van der Waals surface area contributed by atoms with Gasteiger partial charge in [-0.2, -0.15) is 0 Å². The molecule has 2 aromatic carbocycles. The zero-order valence-corrected chi connectivity index (χ0v) is 14.7. The van der Waals surface area contributed by atoms with Crippen LogP contribution in [-0.4, -0.2) is 15.9 Å². The van der Waals surface area contributed by atoms with Gasteiger partial charge in [-0.1, -0.05) is 18.2 Å². The molecule has 0 radical (unpaired) electrons. The molecule has 2 heterocycles. The van der Waals surface area contributed by atoms with Gasteiger partial charge in [-0.25, -0.2) is 4.98 Å². The lowest BCUT2D eigenvalue weighted by Gasteiger charge is -2.04. The molecule has 4 aromatic rings. The molecule has 0 spiro atoms. The van der Waals surface area contributed by atoms with Crippen molar-refractivity contribution in [2.45, 2.75) is 6.54 Å². The van der Waals surface area contributed by atoms with Gasteiger partial charge in [0.1, 0.15) is 5.01 Å². The number of amides is 1. The zero-order chi connectivity index (χ0) is 17.9. The van der Waals surface area contributed by atoms with Crippen LogP contribution in [0.15, 0.2) is 67.0 Å². The Morgan fingerprint density at radius 2 is 2.04 bits per heavy atom. The van der Waals surface area contributed by atoms with Crippen LogP contribution in [0.5, 0.6) is 0 Å². The third-order valence-electron chi connectivity index (χ3n) is 3.96. The van der Waals surface area contributed by atoms with Crippen LogP contribution in [0.1, 0.15) is 15.9 Å². The highest BCUT2D eigenvalue weighted by molar-refractivity contribution is 7.21. The van der Waals surface area contributed by atoms with Crippen molar-refractivity contribution in [3.8, 4) is 10.6 Å². The van der Waals surface area contributed by atoms with Gasteiger partial charge in [0.25, 0.3) is 5.91 Å². The van der Waals surface area contributed by atoms with Crippen LogP contribution in [0.2, 0.25) is 0 Å². The molecule has 3 N–H and O–H groups in total. The van der Waals surface area contributed by atoms with Gasteiger partial charge in [0.15, 0.2) is 0 Å². The van der Waals surface area contributed by atoms with E-state index in [0.717, 1.165) is 26.4 Å². The van der Waals surface area contributed by atoms with E-state index in [-0.39, 0.29) is 5.91 Å². The summed E-state index contributed by atoms with van der Waals surface area (Å²) in [5.41, 5.74) is 9.99. The Morgan fingerprint density at radius 3 is 2.85 bits per heavy atom. The van der Waals surface area contributed by atoms with E-state index in [1.165, 1.54) is 0 Å². The largest absolute Gasteiger partial charge is 0.399 e. The second-order valence-corrected chi connectivity index (χ2v) is 6.90. The highest BCUT2D eigenvalue weighted by atomic mass is 32.1. The van der Waals surface area contributed by atoms with Crippen LogP contribution in [0.3, 0.4) is 0 Å². The smallest absolute Gasteiger partial charge is 0.251 e. The molecule has 0 atom stereocenters. The number of nitrogens with one attached hydrogen (secondary N) is 1. The molecule has 0 aliphatic heterocycles. The molecule has 0 unspecified atom stereocenters. The summed E-state index contributed by atoms with van der Waals surface area (Å²) in [6.45, 7) is 0.446. The predicted molar refractivity (Wildman–Crippen MR) is 105 cm³/mol. The lowest BCUT2D eigenvalue weighted by molar-refractivity contribution is 0.0951. The normalized spacial score (nSPS) is 10.8. The number of carbonyl (C=O) groups excluding carboxylic acids is 1. The minimum atomic E-state index is -0.116. The first kappa shape index (κ1) is 16.2. The molecule has 0 saturated heterocycles. The number of nitrogens with zero attached hydrogens (tertiary/aromatic N) is 2. The second kappa shape index (κ2) is 6.93. The lowest BCUT2D eigenvalue weighted by atomic mass is 10.2. The summed E-state index contributed by atoms with van der Waals surface area (Å²) in [4.78, 5) is 21.1. The Kier molecular flexibility index (Phi) is 4.33. The molecule has 4 rings (SSSR count). The molecule has 26 heavy (non-hydrogen) atoms.